The molecule has 0 aliphatic heterocycles. The maximum Gasteiger partial charge on any atom is 0.191 e. The van der Waals surface area contributed by atoms with Crippen molar-refractivity contribution in [3.8, 4) is 5.75 Å². The van der Waals surface area contributed by atoms with E-state index in [0.29, 0.717) is 0 Å². The average Bonchev–Trinajstić information content (AvgIpc) is 3.42. The summed E-state index contributed by atoms with van der Waals surface area (Å²) in [7, 11) is 1.70. The fraction of sp³-hybridized carbons (Fsp3) is 0.632. The van der Waals surface area contributed by atoms with E-state index in [2.05, 4.69) is 34.7 Å². The third kappa shape index (κ3) is 7.68. The predicted molar refractivity (Wildman–Crippen MR) is 98.8 cm³/mol. The van der Waals surface area contributed by atoms with E-state index < -0.39 is 0 Å². The van der Waals surface area contributed by atoms with Gasteiger partial charge in [-0.1, -0.05) is 12.1 Å². The summed E-state index contributed by atoms with van der Waals surface area (Å²) in [5.41, 5.74) is 1.26. The highest BCUT2D eigenvalue weighted by Crippen LogP contribution is 2.28. The van der Waals surface area contributed by atoms with E-state index in [1.807, 2.05) is 12.1 Å². The molecule has 0 saturated heterocycles. The topological polar surface area (TPSA) is 54.9 Å². The van der Waals surface area contributed by atoms with Crippen molar-refractivity contribution in [3.63, 3.8) is 0 Å². The Morgan fingerprint density at radius 2 is 2.17 bits per heavy atom. The second-order valence-electron chi connectivity index (χ2n) is 6.16. The lowest BCUT2D eigenvalue weighted by atomic mass is 10.1. The van der Waals surface area contributed by atoms with Gasteiger partial charge in [-0.25, -0.2) is 0 Å². The van der Waals surface area contributed by atoms with Crippen molar-refractivity contribution in [2.24, 2.45) is 10.9 Å². The largest absolute Gasteiger partial charge is 0.497 e. The number of hydrogen-bond donors (Lipinski definition) is 2. The molecule has 5 nitrogen and oxygen atoms in total. The number of guanidine groups is 1. The highest BCUT2D eigenvalue weighted by atomic mass is 16.5. The first kappa shape index (κ1) is 18.6. The molecule has 1 aliphatic carbocycles. The van der Waals surface area contributed by atoms with Crippen molar-refractivity contribution >= 4 is 5.96 Å². The molecule has 1 aromatic rings. The Hall–Kier alpha value is -1.75. The number of hydrogen-bond acceptors (Lipinski definition) is 3. The normalized spacial score (nSPS) is 14.5. The number of benzene rings is 1. The SMILES string of the molecule is CCNC(=NCCCOCC1CC1)NCCc1cccc(OC)c1. The number of aliphatic imine (C=N–C) groups is 1. The van der Waals surface area contributed by atoms with Gasteiger partial charge in [-0.2, -0.15) is 0 Å². The van der Waals surface area contributed by atoms with Crippen molar-refractivity contribution in [1.29, 1.82) is 0 Å². The van der Waals surface area contributed by atoms with Crippen LogP contribution in [0.25, 0.3) is 0 Å². The molecule has 0 radical (unpaired) electrons. The van der Waals surface area contributed by atoms with Gasteiger partial charge < -0.3 is 20.1 Å². The van der Waals surface area contributed by atoms with Crippen LogP contribution in [0.3, 0.4) is 0 Å². The van der Waals surface area contributed by atoms with E-state index in [1.54, 1.807) is 7.11 Å². The second-order valence-corrected chi connectivity index (χ2v) is 6.16. The van der Waals surface area contributed by atoms with Gasteiger partial charge in [-0.05, 0) is 56.2 Å². The summed E-state index contributed by atoms with van der Waals surface area (Å²) in [5.74, 6) is 2.62. The van der Waals surface area contributed by atoms with E-state index in [4.69, 9.17) is 9.47 Å². The van der Waals surface area contributed by atoms with Crippen LogP contribution in [0.1, 0.15) is 31.7 Å². The van der Waals surface area contributed by atoms with Crippen molar-refractivity contribution in [2.75, 3.05) is 40.0 Å². The van der Waals surface area contributed by atoms with Gasteiger partial charge in [-0.15, -0.1) is 0 Å². The van der Waals surface area contributed by atoms with Crippen LogP contribution in [0.2, 0.25) is 0 Å². The molecule has 1 saturated carbocycles. The molecule has 1 fully saturated rings. The Kier molecular flexibility index (Phi) is 8.46. The number of nitrogens with zero attached hydrogens (tertiary/aromatic N) is 1. The van der Waals surface area contributed by atoms with Crippen LogP contribution in [0.5, 0.6) is 5.75 Å². The van der Waals surface area contributed by atoms with Gasteiger partial charge in [0, 0.05) is 32.8 Å². The Morgan fingerprint density at radius 3 is 2.92 bits per heavy atom. The summed E-state index contributed by atoms with van der Waals surface area (Å²) in [5, 5.41) is 6.67. The van der Waals surface area contributed by atoms with Gasteiger partial charge in [0.05, 0.1) is 7.11 Å². The zero-order valence-corrected chi connectivity index (χ0v) is 15.0. The minimum absolute atomic E-state index is 0.791. The highest BCUT2D eigenvalue weighted by molar-refractivity contribution is 5.79. The van der Waals surface area contributed by atoms with Gasteiger partial charge >= 0.3 is 0 Å². The van der Waals surface area contributed by atoms with Crippen LogP contribution in [0.15, 0.2) is 29.3 Å². The summed E-state index contributed by atoms with van der Waals surface area (Å²) in [6.45, 7) is 6.32. The number of rotatable bonds is 11. The molecule has 2 rings (SSSR count). The van der Waals surface area contributed by atoms with Crippen molar-refractivity contribution in [3.05, 3.63) is 29.8 Å². The molecule has 2 N–H and O–H groups in total. The molecule has 1 aromatic carbocycles. The molecular formula is C19H31N3O2. The summed E-state index contributed by atoms with van der Waals surface area (Å²) in [6.07, 6.45) is 4.60. The molecule has 1 aliphatic rings. The molecule has 0 aromatic heterocycles. The molecular weight excluding hydrogens is 302 g/mol. The first-order valence-corrected chi connectivity index (χ1v) is 9.04. The predicted octanol–water partition coefficient (Wildman–Crippen LogP) is 2.61. The zero-order chi connectivity index (χ0) is 17.0. The monoisotopic (exact) mass is 333 g/mol. The summed E-state index contributed by atoms with van der Waals surface area (Å²) in [6, 6.07) is 8.18. The molecule has 134 valence electrons. The maximum absolute atomic E-state index is 5.64. The molecule has 0 heterocycles. The second kappa shape index (κ2) is 10.9. The van der Waals surface area contributed by atoms with Gasteiger partial charge in [-0.3, -0.25) is 4.99 Å². The van der Waals surface area contributed by atoms with Crippen LogP contribution in [-0.4, -0.2) is 45.9 Å². The first-order valence-electron chi connectivity index (χ1n) is 9.04. The fourth-order valence-electron chi connectivity index (χ4n) is 2.39. The lowest BCUT2D eigenvalue weighted by Gasteiger charge is -2.11. The summed E-state index contributed by atoms with van der Waals surface area (Å²) < 4.78 is 10.9. The van der Waals surface area contributed by atoms with Crippen molar-refractivity contribution in [1.82, 2.24) is 10.6 Å². The van der Waals surface area contributed by atoms with E-state index in [0.717, 1.165) is 63.3 Å². The smallest absolute Gasteiger partial charge is 0.191 e. The van der Waals surface area contributed by atoms with Crippen LogP contribution in [-0.2, 0) is 11.2 Å². The Labute approximate surface area is 145 Å². The standard InChI is InChI=1S/C19H31N3O2/c1-3-20-19(21-11-5-13-24-15-17-8-9-17)22-12-10-16-6-4-7-18(14-16)23-2/h4,6-7,14,17H,3,5,8-13,15H2,1-2H3,(H2,20,21,22). The third-order valence-corrected chi connectivity index (χ3v) is 3.95. The first-order chi connectivity index (χ1) is 11.8. The Bertz CT molecular complexity index is 501. The Morgan fingerprint density at radius 1 is 1.29 bits per heavy atom. The minimum atomic E-state index is 0.791. The van der Waals surface area contributed by atoms with Gasteiger partial charge in [0.1, 0.15) is 5.75 Å². The molecule has 0 spiro atoms. The quantitative estimate of drug-likeness (QED) is 0.371. The molecule has 0 amide bonds. The van der Waals surface area contributed by atoms with E-state index in [1.165, 1.54) is 18.4 Å². The molecule has 0 bridgehead atoms. The summed E-state index contributed by atoms with van der Waals surface area (Å²) in [4.78, 5) is 4.60. The Balaban J connectivity index is 1.64. The highest BCUT2D eigenvalue weighted by Gasteiger charge is 2.20. The van der Waals surface area contributed by atoms with E-state index >= 15 is 0 Å². The minimum Gasteiger partial charge on any atom is -0.497 e. The lowest BCUT2D eigenvalue weighted by Crippen LogP contribution is -2.38. The maximum atomic E-state index is 5.64. The number of nitrogens with one attached hydrogen (secondary N) is 2. The summed E-state index contributed by atoms with van der Waals surface area (Å²) >= 11 is 0. The molecule has 0 unspecified atom stereocenters. The van der Waals surface area contributed by atoms with Gasteiger partial charge in [0.15, 0.2) is 5.96 Å². The van der Waals surface area contributed by atoms with Gasteiger partial charge in [0.2, 0.25) is 0 Å². The zero-order valence-electron chi connectivity index (χ0n) is 15.0. The number of methoxy groups -OCH3 is 1. The third-order valence-electron chi connectivity index (χ3n) is 3.95. The van der Waals surface area contributed by atoms with Crippen LogP contribution >= 0.6 is 0 Å². The molecule has 0 atom stereocenters. The molecule has 24 heavy (non-hydrogen) atoms. The van der Waals surface area contributed by atoms with Crippen LogP contribution in [0, 0.1) is 5.92 Å². The van der Waals surface area contributed by atoms with E-state index in [9.17, 15) is 0 Å². The molecule has 5 heteroatoms. The fourth-order valence-corrected chi connectivity index (χ4v) is 2.39. The van der Waals surface area contributed by atoms with Crippen molar-refractivity contribution < 1.29 is 9.47 Å². The van der Waals surface area contributed by atoms with Crippen LogP contribution < -0.4 is 15.4 Å². The average molecular weight is 333 g/mol. The lowest BCUT2D eigenvalue weighted by molar-refractivity contribution is 0.123. The van der Waals surface area contributed by atoms with E-state index in [-0.39, 0.29) is 0 Å². The van der Waals surface area contributed by atoms with Gasteiger partial charge in [0.25, 0.3) is 0 Å². The van der Waals surface area contributed by atoms with Crippen molar-refractivity contribution in [2.45, 2.75) is 32.6 Å². The van der Waals surface area contributed by atoms with Crippen LogP contribution in [0.4, 0.5) is 0 Å². The number of ether oxygens (including phenoxy) is 2.